The van der Waals surface area contributed by atoms with Crippen molar-refractivity contribution in [2.45, 2.75) is 67.6 Å². The molecule has 0 saturated carbocycles. The van der Waals surface area contributed by atoms with Gasteiger partial charge < -0.3 is 10.2 Å². The van der Waals surface area contributed by atoms with Crippen molar-refractivity contribution in [3.63, 3.8) is 0 Å². The maximum absolute atomic E-state index is 13.9. The van der Waals surface area contributed by atoms with Crippen molar-refractivity contribution in [1.82, 2.24) is 8.61 Å². The van der Waals surface area contributed by atoms with Crippen LogP contribution in [-0.2, 0) is 29.6 Å². The minimum Gasteiger partial charge on any atom is -0.478 e. The van der Waals surface area contributed by atoms with E-state index in [9.17, 15) is 45.4 Å². The molecule has 0 saturated heterocycles. The van der Waals surface area contributed by atoms with Gasteiger partial charge in [0, 0.05) is 6.04 Å². The molecule has 5 aromatic carbocycles. The second-order valence-corrected chi connectivity index (χ2v) is 17.9. The largest absolute Gasteiger partial charge is 0.478 e. The molecule has 0 bridgehead atoms. The van der Waals surface area contributed by atoms with Gasteiger partial charge in [0.25, 0.3) is 0 Å². The fourth-order valence-electron chi connectivity index (χ4n) is 7.35. The molecule has 2 N–H and O–H groups in total. The highest BCUT2D eigenvalue weighted by atomic mass is 32.2. The fourth-order valence-corrected chi connectivity index (χ4v) is 10.9. The molecule has 0 radical (unpaired) electrons. The summed E-state index contributed by atoms with van der Waals surface area (Å²) in [7, 11) is -8.08. The Balaban J connectivity index is 0.000000201. The first kappa shape index (κ1) is 42.8. The van der Waals surface area contributed by atoms with Gasteiger partial charge in [0.2, 0.25) is 20.0 Å². The van der Waals surface area contributed by atoms with Crippen LogP contribution in [0.1, 0.15) is 65.7 Å². The lowest BCUT2D eigenvalue weighted by Gasteiger charge is -2.40. The first-order valence-corrected chi connectivity index (χ1v) is 21.6. The third-order valence-electron chi connectivity index (χ3n) is 10.3. The van der Waals surface area contributed by atoms with Gasteiger partial charge in [0.1, 0.15) is 11.6 Å². The number of carboxylic acid groups (broad SMARTS) is 2. The van der Waals surface area contributed by atoms with E-state index in [0.717, 1.165) is 11.1 Å². The Hall–Kier alpha value is -5.80. The summed E-state index contributed by atoms with van der Waals surface area (Å²) < 4.78 is 84.0. The molecular formula is C45H42F2N2O8S2. The summed E-state index contributed by atoms with van der Waals surface area (Å²) in [4.78, 5) is 24.1. The van der Waals surface area contributed by atoms with Gasteiger partial charge >= 0.3 is 11.9 Å². The van der Waals surface area contributed by atoms with Crippen molar-refractivity contribution >= 4 is 32.0 Å². The van der Waals surface area contributed by atoms with E-state index in [1.807, 2.05) is 13.8 Å². The van der Waals surface area contributed by atoms with Crippen LogP contribution in [0.2, 0.25) is 0 Å². The molecule has 2 aliphatic rings. The minimum atomic E-state index is -4.11. The Bertz CT molecular complexity index is 2600. The van der Waals surface area contributed by atoms with Gasteiger partial charge in [-0.05, 0) is 91.9 Å². The van der Waals surface area contributed by atoms with Gasteiger partial charge in [-0.3, -0.25) is 0 Å². The molecule has 0 spiro atoms. The van der Waals surface area contributed by atoms with Crippen molar-refractivity contribution in [2.24, 2.45) is 0 Å². The van der Waals surface area contributed by atoms with Gasteiger partial charge in [-0.1, -0.05) is 109 Å². The number of benzene rings is 5. The molecule has 2 aliphatic heterocycles. The summed E-state index contributed by atoms with van der Waals surface area (Å²) >= 11 is 0. The number of hydrogen-bond donors (Lipinski definition) is 2. The van der Waals surface area contributed by atoms with Gasteiger partial charge in [-0.2, -0.15) is 8.61 Å². The summed E-state index contributed by atoms with van der Waals surface area (Å²) in [5.41, 5.74) is 3.34. The molecule has 5 aromatic rings. The normalized spacial score (nSPS) is 19.9. The van der Waals surface area contributed by atoms with Crippen LogP contribution in [0.15, 0.2) is 160 Å². The number of sulfonamides is 2. The van der Waals surface area contributed by atoms with E-state index < -0.39 is 67.8 Å². The highest BCUT2D eigenvalue weighted by molar-refractivity contribution is 7.89. The molecule has 59 heavy (non-hydrogen) atoms. The average molecular weight is 841 g/mol. The highest BCUT2D eigenvalue weighted by Gasteiger charge is 2.46. The molecule has 0 aliphatic carbocycles. The number of hydrogen-bond acceptors (Lipinski definition) is 6. The second kappa shape index (κ2) is 17.6. The van der Waals surface area contributed by atoms with E-state index >= 15 is 0 Å². The van der Waals surface area contributed by atoms with Crippen molar-refractivity contribution in [3.05, 3.63) is 190 Å². The minimum absolute atomic E-state index is 0.00903. The Kier molecular flexibility index (Phi) is 12.8. The number of aliphatic carboxylic acids is 2. The van der Waals surface area contributed by atoms with Gasteiger partial charge in [0.15, 0.2) is 0 Å². The number of rotatable bonds is 10. The Morgan fingerprint density at radius 1 is 0.593 bits per heavy atom. The molecule has 306 valence electrons. The summed E-state index contributed by atoms with van der Waals surface area (Å²) in [6, 6.07) is 29.1. The topological polar surface area (TPSA) is 149 Å². The molecule has 2 unspecified atom stereocenters. The van der Waals surface area contributed by atoms with Crippen molar-refractivity contribution in [1.29, 1.82) is 0 Å². The first-order chi connectivity index (χ1) is 28.0. The Labute approximate surface area is 342 Å². The van der Waals surface area contributed by atoms with E-state index in [-0.39, 0.29) is 27.4 Å². The first-order valence-electron chi connectivity index (χ1n) is 18.7. The second-order valence-electron chi connectivity index (χ2n) is 14.2. The van der Waals surface area contributed by atoms with E-state index in [1.54, 1.807) is 79.7 Å². The zero-order valence-electron chi connectivity index (χ0n) is 32.3. The fraction of sp³-hybridized carbons (Fsp3) is 0.200. The SMILES string of the molecule is CC[C@@H]1C=C(C(=O)O)C(c2ccc(F)cc2)N1S(=O)(=O)c1ccc(C)cc1.Cc1ccc(S(=O)(=O)N2C(c3ccc(F)cc3)CC=C(C(=O)O)[C@@H]2c2ccccc2)cc1. The van der Waals surface area contributed by atoms with E-state index in [2.05, 4.69) is 0 Å². The lowest BCUT2D eigenvalue weighted by Crippen LogP contribution is -2.42. The molecule has 0 fully saturated rings. The zero-order chi connectivity index (χ0) is 42.6. The quantitative estimate of drug-likeness (QED) is 0.142. The van der Waals surface area contributed by atoms with Crippen LogP contribution in [0.5, 0.6) is 0 Å². The predicted octanol–water partition coefficient (Wildman–Crippen LogP) is 8.69. The maximum Gasteiger partial charge on any atom is 0.333 e. The van der Waals surface area contributed by atoms with Crippen LogP contribution in [0.25, 0.3) is 0 Å². The van der Waals surface area contributed by atoms with Gasteiger partial charge in [-0.25, -0.2) is 35.2 Å². The molecule has 0 aromatic heterocycles. The molecular weight excluding hydrogens is 799 g/mol. The van der Waals surface area contributed by atoms with Crippen LogP contribution >= 0.6 is 0 Å². The Morgan fingerprint density at radius 2 is 1.02 bits per heavy atom. The summed E-state index contributed by atoms with van der Waals surface area (Å²) in [5, 5.41) is 19.6. The standard InChI is InChI=1S/C25H22FNO4S.C20H20FNO4S/c1-17-7-13-21(14-8-17)32(30,31)27-23(18-9-11-20(26)12-10-18)16-15-22(25(28)29)24(27)19-5-3-2-4-6-19;1-3-16-12-18(20(23)24)19(14-6-8-15(21)9-7-14)22(16)27(25,26)17-10-4-13(2)5-11-17/h2-15,23-24H,16H2,1H3,(H,28,29);4-12,16,19H,3H2,1-2H3,(H,23,24)/t23?,24-;16-,19?/m01/s1. The monoisotopic (exact) mass is 840 g/mol. The van der Waals surface area contributed by atoms with Crippen molar-refractivity contribution in [2.75, 3.05) is 0 Å². The number of halogens is 2. The highest BCUT2D eigenvalue weighted by Crippen LogP contribution is 2.46. The van der Waals surface area contributed by atoms with Crippen molar-refractivity contribution in [3.8, 4) is 0 Å². The molecule has 4 atom stereocenters. The maximum atomic E-state index is 13.9. The number of carbonyl (C=O) groups is 2. The predicted molar refractivity (Wildman–Crippen MR) is 218 cm³/mol. The van der Waals surface area contributed by atoms with Crippen LogP contribution in [0.3, 0.4) is 0 Å². The lowest BCUT2D eigenvalue weighted by molar-refractivity contribution is -0.134. The summed E-state index contributed by atoms with van der Waals surface area (Å²) in [5.74, 6) is -3.28. The average Bonchev–Trinajstić information content (AvgIpc) is 3.63. The third kappa shape index (κ3) is 8.96. The number of aryl methyl sites for hydroxylation is 2. The van der Waals surface area contributed by atoms with E-state index in [4.69, 9.17) is 0 Å². The summed E-state index contributed by atoms with van der Waals surface area (Å²) in [6.45, 7) is 5.51. The van der Waals surface area contributed by atoms with Crippen LogP contribution in [0, 0.1) is 25.5 Å². The number of carboxylic acids is 2. The Morgan fingerprint density at radius 3 is 1.47 bits per heavy atom. The van der Waals surface area contributed by atoms with Gasteiger partial charge in [-0.15, -0.1) is 0 Å². The van der Waals surface area contributed by atoms with E-state index in [1.165, 1.54) is 75.4 Å². The third-order valence-corrected chi connectivity index (χ3v) is 14.1. The number of nitrogens with zero attached hydrogens (tertiary/aromatic N) is 2. The molecule has 7 rings (SSSR count). The van der Waals surface area contributed by atoms with Crippen LogP contribution in [-0.4, -0.2) is 53.6 Å². The van der Waals surface area contributed by atoms with Crippen LogP contribution in [0.4, 0.5) is 8.78 Å². The van der Waals surface area contributed by atoms with Gasteiger partial charge in [0.05, 0.1) is 39.1 Å². The van der Waals surface area contributed by atoms with Crippen molar-refractivity contribution < 1.29 is 45.4 Å². The summed E-state index contributed by atoms with van der Waals surface area (Å²) in [6.07, 6.45) is 3.61. The van der Waals surface area contributed by atoms with Crippen LogP contribution < -0.4 is 0 Å². The lowest BCUT2D eigenvalue weighted by atomic mass is 9.89. The van der Waals surface area contributed by atoms with E-state index in [0.29, 0.717) is 23.1 Å². The smallest absolute Gasteiger partial charge is 0.333 e. The zero-order valence-corrected chi connectivity index (χ0v) is 33.9. The molecule has 10 nitrogen and oxygen atoms in total. The molecule has 2 heterocycles. The molecule has 14 heteroatoms. The molecule has 0 amide bonds.